The van der Waals surface area contributed by atoms with E-state index in [2.05, 4.69) is 14.9 Å². The lowest BCUT2D eigenvalue weighted by Gasteiger charge is -2.14. The van der Waals surface area contributed by atoms with E-state index in [0.717, 1.165) is 31.7 Å². The highest BCUT2D eigenvalue weighted by molar-refractivity contribution is 6.29. The molecule has 14 heavy (non-hydrogen) atoms. The number of hydrogen-bond acceptors (Lipinski definition) is 4. The lowest BCUT2D eigenvalue weighted by Crippen LogP contribution is -2.21. The molecule has 5 heteroatoms. The summed E-state index contributed by atoms with van der Waals surface area (Å²) < 4.78 is 0. The highest BCUT2D eigenvalue weighted by Gasteiger charge is 2.01. The maximum atomic E-state index is 5.63. The first-order valence-corrected chi connectivity index (χ1v) is 4.95. The number of nitrogens with two attached hydrogens (primary N) is 1. The third-order valence-electron chi connectivity index (χ3n) is 1.85. The van der Waals surface area contributed by atoms with Crippen LogP contribution < -0.4 is 5.73 Å². The Bertz CT molecular complexity index is 262. The summed E-state index contributed by atoms with van der Waals surface area (Å²) in [5.74, 6) is 0. The lowest BCUT2D eigenvalue weighted by atomic mass is 10.3. The third-order valence-corrected chi connectivity index (χ3v) is 2.04. The van der Waals surface area contributed by atoms with Crippen LogP contribution in [-0.2, 0) is 6.54 Å². The summed E-state index contributed by atoms with van der Waals surface area (Å²) in [4.78, 5) is 10.3. The van der Waals surface area contributed by atoms with Gasteiger partial charge in [-0.2, -0.15) is 0 Å². The van der Waals surface area contributed by atoms with Crippen LogP contribution in [-0.4, -0.2) is 35.0 Å². The van der Waals surface area contributed by atoms with Gasteiger partial charge in [0.2, 0.25) is 0 Å². The van der Waals surface area contributed by atoms with E-state index in [-0.39, 0.29) is 0 Å². The molecule has 4 nitrogen and oxygen atoms in total. The predicted octanol–water partition coefficient (Wildman–Crippen LogP) is 0.911. The van der Waals surface area contributed by atoms with E-state index >= 15 is 0 Å². The monoisotopic (exact) mass is 214 g/mol. The van der Waals surface area contributed by atoms with Crippen molar-refractivity contribution in [3.05, 3.63) is 23.2 Å². The van der Waals surface area contributed by atoms with Crippen molar-refractivity contribution in [3.8, 4) is 0 Å². The molecule has 0 saturated carbocycles. The minimum atomic E-state index is 0.429. The average molecular weight is 215 g/mol. The Kier molecular flexibility index (Phi) is 4.79. The van der Waals surface area contributed by atoms with Gasteiger partial charge in [-0.05, 0) is 26.6 Å². The fraction of sp³-hybridized carbons (Fsp3) is 0.556. The SMILES string of the molecule is CN(CCCN)Cc1cnc(Cl)cn1. The number of nitrogens with zero attached hydrogens (tertiary/aromatic N) is 3. The van der Waals surface area contributed by atoms with Crippen molar-refractivity contribution in [2.75, 3.05) is 20.1 Å². The molecule has 0 amide bonds. The minimum absolute atomic E-state index is 0.429. The summed E-state index contributed by atoms with van der Waals surface area (Å²) >= 11 is 5.63. The van der Waals surface area contributed by atoms with Gasteiger partial charge in [0.05, 0.1) is 18.1 Å². The summed E-state index contributed by atoms with van der Waals surface area (Å²) in [7, 11) is 2.03. The Labute approximate surface area is 89.1 Å². The van der Waals surface area contributed by atoms with E-state index in [1.165, 1.54) is 0 Å². The largest absolute Gasteiger partial charge is 0.330 e. The van der Waals surface area contributed by atoms with E-state index in [0.29, 0.717) is 5.15 Å². The zero-order valence-corrected chi connectivity index (χ0v) is 9.04. The highest BCUT2D eigenvalue weighted by atomic mass is 35.5. The first-order chi connectivity index (χ1) is 6.72. The molecule has 0 aliphatic rings. The molecule has 0 bridgehead atoms. The molecular weight excluding hydrogens is 200 g/mol. The molecule has 0 saturated heterocycles. The Morgan fingerprint density at radius 1 is 1.43 bits per heavy atom. The second kappa shape index (κ2) is 5.90. The standard InChI is InChI=1S/C9H15ClN4/c1-14(4-2-3-11)7-8-5-13-9(10)6-12-8/h5-6H,2-4,7,11H2,1H3. The van der Waals surface area contributed by atoms with Gasteiger partial charge in [-0.25, -0.2) is 4.98 Å². The molecule has 0 aliphatic carbocycles. The van der Waals surface area contributed by atoms with Crippen LogP contribution in [0.4, 0.5) is 0 Å². The molecule has 0 atom stereocenters. The van der Waals surface area contributed by atoms with Crippen LogP contribution in [0.2, 0.25) is 5.15 Å². The van der Waals surface area contributed by atoms with Crippen molar-refractivity contribution in [1.82, 2.24) is 14.9 Å². The van der Waals surface area contributed by atoms with Crippen LogP contribution in [0.5, 0.6) is 0 Å². The van der Waals surface area contributed by atoms with Gasteiger partial charge in [0, 0.05) is 6.54 Å². The van der Waals surface area contributed by atoms with E-state index in [1.807, 2.05) is 7.05 Å². The first kappa shape index (κ1) is 11.4. The summed E-state index contributed by atoms with van der Waals surface area (Å²) in [5.41, 5.74) is 6.34. The zero-order valence-electron chi connectivity index (χ0n) is 8.28. The van der Waals surface area contributed by atoms with E-state index in [4.69, 9.17) is 17.3 Å². The molecule has 0 aliphatic heterocycles. The van der Waals surface area contributed by atoms with Gasteiger partial charge in [-0.15, -0.1) is 0 Å². The maximum Gasteiger partial charge on any atom is 0.147 e. The minimum Gasteiger partial charge on any atom is -0.330 e. The van der Waals surface area contributed by atoms with Crippen molar-refractivity contribution in [3.63, 3.8) is 0 Å². The molecule has 0 unspecified atom stereocenters. The van der Waals surface area contributed by atoms with E-state index < -0.39 is 0 Å². The number of hydrogen-bond donors (Lipinski definition) is 1. The van der Waals surface area contributed by atoms with Crippen LogP contribution in [0.25, 0.3) is 0 Å². The number of rotatable bonds is 5. The van der Waals surface area contributed by atoms with Gasteiger partial charge >= 0.3 is 0 Å². The smallest absolute Gasteiger partial charge is 0.147 e. The quantitative estimate of drug-likeness (QED) is 0.792. The second-order valence-corrected chi connectivity index (χ2v) is 3.60. The van der Waals surface area contributed by atoms with Gasteiger partial charge in [0.25, 0.3) is 0 Å². The Morgan fingerprint density at radius 2 is 2.21 bits per heavy atom. The Hall–Kier alpha value is -0.710. The van der Waals surface area contributed by atoms with Gasteiger partial charge in [0.15, 0.2) is 0 Å². The zero-order chi connectivity index (χ0) is 10.4. The van der Waals surface area contributed by atoms with Crippen LogP contribution in [0.15, 0.2) is 12.4 Å². The van der Waals surface area contributed by atoms with Crippen LogP contribution >= 0.6 is 11.6 Å². The fourth-order valence-electron chi connectivity index (χ4n) is 1.14. The second-order valence-electron chi connectivity index (χ2n) is 3.21. The fourth-order valence-corrected chi connectivity index (χ4v) is 1.24. The first-order valence-electron chi connectivity index (χ1n) is 4.57. The van der Waals surface area contributed by atoms with E-state index in [1.54, 1.807) is 12.4 Å². The molecule has 1 rings (SSSR count). The molecule has 0 fully saturated rings. The van der Waals surface area contributed by atoms with Crippen molar-refractivity contribution in [1.29, 1.82) is 0 Å². The molecule has 0 spiro atoms. The normalized spacial score (nSPS) is 10.9. The Morgan fingerprint density at radius 3 is 2.79 bits per heavy atom. The maximum absolute atomic E-state index is 5.63. The molecule has 1 heterocycles. The molecule has 0 aromatic carbocycles. The van der Waals surface area contributed by atoms with Gasteiger partial charge < -0.3 is 10.6 Å². The van der Waals surface area contributed by atoms with E-state index in [9.17, 15) is 0 Å². The van der Waals surface area contributed by atoms with Crippen molar-refractivity contribution in [2.45, 2.75) is 13.0 Å². The van der Waals surface area contributed by atoms with Gasteiger partial charge in [0.1, 0.15) is 5.15 Å². The lowest BCUT2D eigenvalue weighted by molar-refractivity contribution is 0.320. The summed E-state index contributed by atoms with van der Waals surface area (Å²) in [6, 6.07) is 0. The van der Waals surface area contributed by atoms with Crippen molar-refractivity contribution >= 4 is 11.6 Å². The summed E-state index contributed by atoms with van der Waals surface area (Å²) in [5, 5.41) is 0.429. The van der Waals surface area contributed by atoms with Gasteiger partial charge in [-0.3, -0.25) is 4.98 Å². The number of halogens is 1. The molecule has 1 aromatic rings. The number of aromatic nitrogens is 2. The van der Waals surface area contributed by atoms with Crippen LogP contribution in [0.1, 0.15) is 12.1 Å². The Balaban J connectivity index is 2.39. The van der Waals surface area contributed by atoms with Crippen molar-refractivity contribution in [2.24, 2.45) is 5.73 Å². The summed E-state index contributed by atoms with van der Waals surface area (Å²) in [6.07, 6.45) is 4.26. The van der Waals surface area contributed by atoms with Gasteiger partial charge in [-0.1, -0.05) is 11.6 Å². The van der Waals surface area contributed by atoms with Crippen LogP contribution in [0.3, 0.4) is 0 Å². The van der Waals surface area contributed by atoms with Crippen molar-refractivity contribution < 1.29 is 0 Å². The predicted molar refractivity (Wildman–Crippen MR) is 57.0 cm³/mol. The van der Waals surface area contributed by atoms with Crippen LogP contribution in [0, 0.1) is 0 Å². The topological polar surface area (TPSA) is 55.0 Å². The molecule has 2 N–H and O–H groups in total. The third kappa shape index (κ3) is 4.00. The molecule has 78 valence electrons. The molecular formula is C9H15ClN4. The molecule has 1 aromatic heterocycles. The average Bonchev–Trinajstić information content (AvgIpc) is 2.18. The molecule has 0 radical (unpaired) electrons. The summed E-state index contributed by atoms with van der Waals surface area (Å²) in [6.45, 7) is 2.47. The highest BCUT2D eigenvalue weighted by Crippen LogP contribution is 2.03.